The Morgan fingerprint density at radius 1 is 0.500 bits per heavy atom. The van der Waals surface area contributed by atoms with E-state index in [1.54, 1.807) is 0 Å². The van der Waals surface area contributed by atoms with Crippen LogP contribution < -0.4 is 30.7 Å². The second-order valence-electron chi connectivity index (χ2n) is 10.5. The maximum atomic E-state index is 11.9. The third-order valence-corrected chi connectivity index (χ3v) is 6.72. The molecule has 4 amide bonds. The summed E-state index contributed by atoms with van der Waals surface area (Å²) in [7, 11) is 0. The highest BCUT2D eigenvalue weighted by molar-refractivity contribution is 5.74. The third kappa shape index (κ3) is 18.9. The Balaban J connectivity index is 1.32. The molecule has 0 spiro atoms. The van der Waals surface area contributed by atoms with Crippen LogP contribution in [0.25, 0.3) is 0 Å². The predicted octanol–water partition coefficient (Wildman–Crippen LogP) is 5.24. The van der Waals surface area contributed by atoms with Crippen molar-refractivity contribution in [3.63, 3.8) is 0 Å². The molecular weight excluding hydrogens is 560 g/mol. The third-order valence-electron chi connectivity index (χ3n) is 6.72. The van der Waals surface area contributed by atoms with E-state index in [0.717, 1.165) is 37.2 Å². The van der Waals surface area contributed by atoms with E-state index in [9.17, 15) is 9.59 Å². The van der Waals surface area contributed by atoms with Crippen molar-refractivity contribution in [2.75, 3.05) is 65.8 Å². The highest BCUT2D eigenvalue weighted by Crippen LogP contribution is 2.14. The van der Waals surface area contributed by atoms with Crippen LogP contribution in [0.3, 0.4) is 0 Å². The standard InChI is InChI=1S/C34H54N4O6/c1-3-5-9-29-11-15-31(16-12-29)43-27-25-41-23-21-37-33(39)35-19-7-8-20-36-34(40)38-22-24-42-26-28-44-32-17-13-30(14-18-32)10-6-4-2/h11-18H,3-10,19-28H2,1-2H3,(H2,35,37,39)(H2,36,38,40). The topological polar surface area (TPSA) is 119 Å². The molecule has 0 aliphatic rings. The van der Waals surface area contributed by atoms with Gasteiger partial charge in [0.05, 0.1) is 26.4 Å². The van der Waals surface area contributed by atoms with Crippen LogP contribution in [0.4, 0.5) is 9.59 Å². The van der Waals surface area contributed by atoms with Gasteiger partial charge in [-0.1, -0.05) is 51.0 Å². The van der Waals surface area contributed by atoms with Crippen LogP contribution in [-0.4, -0.2) is 77.9 Å². The van der Waals surface area contributed by atoms with Gasteiger partial charge in [-0.25, -0.2) is 9.59 Å². The first-order valence-corrected chi connectivity index (χ1v) is 16.2. The Kier molecular flexibility index (Phi) is 20.8. The van der Waals surface area contributed by atoms with E-state index in [2.05, 4.69) is 59.4 Å². The van der Waals surface area contributed by atoms with E-state index in [1.165, 1.54) is 36.8 Å². The molecule has 0 radical (unpaired) electrons. The lowest BCUT2D eigenvalue weighted by Gasteiger charge is -2.10. The van der Waals surface area contributed by atoms with Crippen molar-refractivity contribution in [3.8, 4) is 11.5 Å². The molecule has 0 heterocycles. The van der Waals surface area contributed by atoms with E-state index < -0.39 is 0 Å². The molecule has 0 aliphatic carbocycles. The molecule has 10 nitrogen and oxygen atoms in total. The number of ether oxygens (including phenoxy) is 4. The van der Waals surface area contributed by atoms with E-state index in [0.29, 0.717) is 65.8 Å². The zero-order valence-corrected chi connectivity index (χ0v) is 26.8. The number of aryl methyl sites for hydroxylation is 2. The van der Waals surface area contributed by atoms with Gasteiger partial charge in [-0.2, -0.15) is 0 Å². The SMILES string of the molecule is CCCCc1ccc(OCCOCCNC(=O)NCCCCNC(=O)NCCOCCOc2ccc(CCCC)cc2)cc1. The lowest BCUT2D eigenvalue weighted by atomic mass is 10.1. The fourth-order valence-electron chi connectivity index (χ4n) is 4.16. The van der Waals surface area contributed by atoms with Gasteiger partial charge in [-0.15, -0.1) is 0 Å². The zero-order valence-electron chi connectivity index (χ0n) is 26.8. The molecule has 2 aromatic rings. The molecule has 0 fully saturated rings. The molecule has 0 bridgehead atoms. The minimum absolute atomic E-state index is 0.232. The maximum Gasteiger partial charge on any atom is 0.314 e. The molecule has 2 aromatic carbocycles. The highest BCUT2D eigenvalue weighted by Gasteiger charge is 2.02. The molecule has 2 rings (SSSR count). The minimum Gasteiger partial charge on any atom is -0.491 e. The van der Waals surface area contributed by atoms with Crippen LogP contribution >= 0.6 is 0 Å². The van der Waals surface area contributed by atoms with Gasteiger partial charge in [0.25, 0.3) is 0 Å². The smallest absolute Gasteiger partial charge is 0.314 e. The van der Waals surface area contributed by atoms with Gasteiger partial charge < -0.3 is 40.2 Å². The summed E-state index contributed by atoms with van der Waals surface area (Å²) in [5.41, 5.74) is 2.66. The van der Waals surface area contributed by atoms with Gasteiger partial charge in [0.1, 0.15) is 24.7 Å². The summed E-state index contributed by atoms with van der Waals surface area (Å²) in [5, 5.41) is 11.1. The first-order valence-electron chi connectivity index (χ1n) is 16.2. The van der Waals surface area contributed by atoms with Gasteiger partial charge in [0.2, 0.25) is 0 Å². The average molecular weight is 615 g/mol. The molecule has 44 heavy (non-hydrogen) atoms. The summed E-state index contributed by atoms with van der Waals surface area (Å²) in [5.74, 6) is 1.67. The predicted molar refractivity (Wildman–Crippen MR) is 175 cm³/mol. The average Bonchev–Trinajstić information content (AvgIpc) is 3.04. The molecule has 4 N–H and O–H groups in total. The quantitative estimate of drug-likeness (QED) is 0.114. The summed E-state index contributed by atoms with van der Waals surface area (Å²) in [6.07, 6.45) is 8.49. The highest BCUT2D eigenvalue weighted by atomic mass is 16.5. The van der Waals surface area contributed by atoms with Crippen molar-refractivity contribution < 1.29 is 28.5 Å². The normalized spacial score (nSPS) is 10.7. The number of urea groups is 2. The Bertz CT molecular complexity index is 922. The molecule has 0 atom stereocenters. The van der Waals surface area contributed by atoms with Crippen molar-refractivity contribution in [2.24, 2.45) is 0 Å². The maximum absolute atomic E-state index is 11.9. The first kappa shape index (κ1) is 36.7. The lowest BCUT2D eigenvalue weighted by Crippen LogP contribution is -2.39. The van der Waals surface area contributed by atoms with E-state index in [-0.39, 0.29) is 12.1 Å². The minimum atomic E-state index is -0.232. The molecule has 0 unspecified atom stereocenters. The fraction of sp³-hybridized carbons (Fsp3) is 0.588. The van der Waals surface area contributed by atoms with Crippen molar-refractivity contribution in [3.05, 3.63) is 59.7 Å². The summed E-state index contributed by atoms with van der Waals surface area (Å²) >= 11 is 0. The first-order chi connectivity index (χ1) is 21.6. The lowest BCUT2D eigenvalue weighted by molar-refractivity contribution is 0.102. The van der Waals surface area contributed by atoms with Crippen LogP contribution in [0.15, 0.2) is 48.5 Å². The Labute approximate surface area is 263 Å². The summed E-state index contributed by atoms with van der Waals surface area (Å²) in [6.45, 7) is 8.95. The van der Waals surface area contributed by atoms with Gasteiger partial charge in [0.15, 0.2) is 0 Å². The van der Waals surface area contributed by atoms with Crippen molar-refractivity contribution in [2.45, 2.75) is 65.2 Å². The number of hydrogen-bond acceptors (Lipinski definition) is 6. The van der Waals surface area contributed by atoms with Crippen LogP contribution in [-0.2, 0) is 22.3 Å². The van der Waals surface area contributed by atoms with Crippen molar-refractivity contribution in [1.29, 1.82) is 0 Å². The number of hydrogen-bond donors (Lipinski definition) is 4. The monoisotopic (exact) mass is 614 g/mol. The largest absolute Gasteiger partial charge is 0.491 e. The number of nitrogens with one attached hydrogen (secondary N) is 4. The van der Waals surface area contributed by atoms with E-state index in [4.69, 9.17) is 18.9 Å². The molecule has 10 heteroatoms. The van der Waals surface area contributed by atoms with Gasteiger partial charge >= 0.3 is 12.1 Å². The fourth-order valence-corrected chi connectivity index (χ4v) is 4.16. The molecule has 0 saturated carbocycles. The molecule has 0 saturated heterocycles. The molecule has 246 valence electrons. The van der Waals surface area contributed by atoms with Gasteiger partial charge in [-0.05, 0) is 73.9 Å². The summed E-state index contributed by atoms with van der Waals surface area (Å²) < 4.78 is 22.4. The van der Waals surface area contributed by atoms with Crippen LogP contribution in [0.1, 0.15) is 63.5 Å². The van der Waals surface area contributed by atoms with Crippen molar-refractivity contribution in [1.82, 2.24) is 21.3 Å². The van der Waals surface area contributed by atoms with Gasteiger partial charge in [0, 0.05) is 26.2 Å². The second-order valence-corrected chi connectivity index (χ2v) is 10.5. The number of rotatable bonds is 25. The Hall–Kier alpha value is -3.50. The van der Waals surface area contributed by atoms with Gasteiger partial charge in [-0.3, -0.25) is 0 Å². The summed E-state index contributed by atoms with van der Waals surface area (Å²) in [6, 6.07) is 15.9. The molecular formula is C34H54N4O6. The number of amides is 4. The zero-order chi connectivity index (χ0) is 31.5. The van der Waals surface area contributed by atoms with Crippen LogP contribution in [0.5, 0.6) is 11.5 Å². The van der Waals surface area contributed by atoms with E-state index in [1.807, 2.05) is 24.3 Å². The van der Waals surface area contributed by atoms with E-state index >= 15 is 0 Å². The number of carbonyl (C=O) groups is 2. The summed E-state index contributed by atoms with van der Waals surface area (Å²) in [4.78, 5) is 23.8. The number of unbranched alkanes of at least 4 members (excludes halogenated alkanes) is 3. The Morgan fingerprint density at radius 3 is 1.27 bits per heavy atom. The second kappa shape index (κ2) is 24.9. The van der Waals surface area contributed by atoms with Crippen LogP contribution in [0, 0.1) is 0 Å². The Morgan fingerprint density at radius 2 is 0.886 bits per heavy atom. The number of carbonyl (C=O) groups excluding carboxylic acids is 2. The van der Waals surface area contributed by atoms with Crippen molar-refractivity contribution >= 4 is 12.1 Å². The van der Waals surface area contributed by atoms with Crippen LogP contribution in [0.2, 0.25) is 0 Å². The molecule has 0 aromatic heterocycles. The number of benzene rings is 2. The molecule has 0 aliphatic heterocycles.